The van der Waals surface area contributed by atoms with Gasteiger partial charge in [0.05, 0.1) is 18.2 Å². The zero-order valence-corrected chi connectivity index (χ0v) is 12.1. The van der Waals surface area contributed by atoms with Gasteiger partial charge in [-0.1, -0.05) is 17.7 Å². The maximum atomic E-state index is 13.1. The van der Waals surface area contributed by atoms with Crippen molar-refractivity contribution in [3.05, 3.63) is 58.4 Å². The molecule has 0 fully saturated rings. The molecule has 1 aliphatic heterocycles. The van der Waals surface area contributed by atoms with E-state index in [4.69, 9.17) is 21.1 Å². The Morgan fingerprint density at radius 2 is 2.05 bits per heavy atom. The van der Waals surface area contributed by atoms with Crippen molar-refractivity contribution in [2.24, 2.45) is 0 Å². The quantitative estimate of drug-likeness (QED) is 0.910. The predicted molar refractivity (Wildman–Crippen MR) is 77.3 cm³/mol. The van der Waals surface area contributed by atoms with Gasteiger partial charge in [0.15, 0.2) is 0 Å². The van der Waals surface area contributed by atoms with Gasteiger partial charge in [0, 0.05) is 17.5 Å². The Bertz CT molecular complexity index is 675. The number of aliphatic hydroxyl groups excluding tert-OH is 1. The molecular weight excluding hydrogens is 295 g/mol. The molecule has 2 aromatic carbocycles. The van der Waals surface area contributed by atoms with Crippen LogP contribution in [0.25, 0.3) is 0 Å². The van der Waals surface area contributed by atoms with Crippen molar-refractivity contribution >= 4 is 11.6 Å². The fourth-order valence-electron chi connectivity index (χ4n) is 2.51. The van der Waals surface area contributed by atoms with E-state index in [0.717, 1.165) is 0 Å². The van der Waals surface area contributed by atoms with E-state index in [2.05, 4.69) is 0 Å². The summed E-state index contributed by atoms with van der Waals surface area (Å²) in [6, 6.07) is 9.43. The van der Waals surface area contributed by atoms with E-state index < -0.39 is 18.0 Å². The Hall–Kier alpha value is -1.78. The molecule has 0 bridgehead atoms. The minimum atomic E-state index is -0.685. The van der Waals surface area contributed by atoms with Gasteiger partial charge in [0.2, 0.25) is 0 Å². The van der Waals surface area contributed by atoms with Crippen molar-refractivity contribution in [3.63, 3.8) is 0 Å². The molecule has 0 radical (unpaired) electrons. The zero-order valence-electron chi connectivity index (χ0n) is 11.3. The summed E-state index contributed by atoms with van der Waals surface area (Å²) in [7, 11) is 1.57. The molecule has 0 amide bonds. The van der Waals surface area contributed by atoms with Gasteiger partial charge in [0.25, 0.3) is 0 Å². The van der Waals surface area contributed by atoms with Gasteiger partial charge in [-0.05, 0) is 30.3 Å². The lowest BCUT2D eigenvalue weighted by molar-refractivity contribution is 0.0655. The Balaban J connectivity index is 1.94. The van der Waals surface area contributed by atoms with E-state index in [9.17, 15) is 9.50 Å². The Labute approximate surface area is 126 Å². The van der Waals surface area contributed by atoms with Crippen LogP contribution < -0.4 is 9.47 Å². The van der Waals surface area contributed by atoms with Gasteiger partial charge >= 0.3 is 0 Å². The highest BCUT2D eigenvalue weighted by Gasteiger charge is 2.29. The van der Waals surface area contributed by atoms with Crippen molar-refractivity contribution in [1.29, 1.82) is 0 Å². The predicted octanol–water partition coefficient (Wildman–Crippen LogP) is 4.04. The molecule has 3 rings (SSSR count). The fraction of sp³-hybridized carbons (Fsp3) is 0.250. The van der Waals surface area contributed by atoms with Crippen molar-refractivity contribution in [2.45, 2.75) is 18.6 Å². The molecule has 0 spiro atoms. The highest BCUT2D eigenvalue weighted by Crippen LogP contribution is 2.43. The topological polar surface area (TPSA) is 38.7 Å². The maximum absolute atomic E-state index is 13.1. The maximum Gasteiger partial charge on any atom is 0.128 e. The summed E-state index contributed by atoms with van der Waals surface area (Å²) in [5.74, 6) is 0.847. The molecule has 2 atom stereocenters. The lowest BCUT2D eigenvalue weighted by Gasteiger charge is -2.30. The number of methoxy groups -OCH3 is 1. The smallest absolute Gasteiger partial charge is 0.128 e. The third-order valence-corrected chi connectivity index (χ3v) is 3.92. The lowest BCUT2D eigenvalue weighted by Crippen LogP contribution is -2.19. The number of rotatable bonds is 2. The number of halogens is 2. The summed E-state index contributed by atoms with van der Waals surface area (Å²) >= 11 is 6.06. The molecule has 1 N–H and O–H groups in total. The van der Waals surface area contributed by atoms with Crippen LogP contribution in [0.4, 0.5) is 4.39 Å². The molecule has 1 unspecified atom stereocenters. The number of benzene rings is 2. The monoisotopic (exact) mass is 308 g/mol. The van der Waals surface area contributed by atoms with Gasteiger partial charge in [-0.3, -0.25) is 0 Å². The second kappa shape index (κ2) is 5.54. The van der Waals surface area contributed by atoms with Crippen LogP contribution in [0.1, 0.15) is 29.8 Å². The molecule has 0 saturated heterocycles. The first-order valence-corrected chi connectivity index (χ1v) is 6.94. The number of ether oxygens (including phenoxy) is 2. The molecule has 2 aromatic rings. The van der Waals surface area contributed by atoms with Crippen LogP contribution in [0.5, 0.6) is 11.5 Å². The number of hydrogen-bond donors (Lipinski definition) is 1. The second-order valence-corrected chi connectivity index (χ2v) is 5.33. The van der Waals surface area contributed by atoms with Crippen LogP contribution in [0.3, 0.4) is 0 Å². The van der Waals surface area contributed by atoms with Crippen molar-refractivity contribution in [3.8, 4) is 11.5 Å². The molecule has 5 heteroatoms. The van der Waals surface area contributed by atoms with Crippen LogP contribution in [0.15, 0.2) is 36.4 Å². The molecule has 0 aromatic heterocycles. The first kappa shape index (κ1) is 14.2. The van der Waals surface area contributed by atoms with Crippen LogP contribution >= 0.6 is 11.6 Å². The Morgan fingerprint density at radius 1 is 1.24 bits per heavy atom. The van der Waals surface area contributed by atoms with Crippen molar-refractivity contribution < 1.29 is 19.0 Å². The summed E-state index contributed by atoms with van der Waals surface area (Å²) in [5.41, 5.74) is 1.35. The summed E-state index contributed by atoms with van der Waals surface area (Å²) in [4.78, 5) is 0. The van der Waals surface area contributed by atoms with E-state index in [-0.39, 0.29) is 0 Å². The third-order valence-electron chi connectivity index (χ3n) is 3.59. The zero-order chi connectivity index (χ0) is 15.0. The third kappa shape index (κ3) is 2.69. The average Bonchev–Trinajstić information content (AvgIpc) is 2.47. The Kier molecular flexibility index (Phi) is 3.74. The van der Waals surface area contributed by atoms with Crippen LogP contribution in [-0.2, 0) is 0 Å². The SMILES string of the molecule is COc1ccc2c(c1)[C@@H](O)CC(c1ccc(F)cc1Cl)O2. The molecule has 1 aliphatic rings. The summed E-state index contributed by atoms with van der Waals surface area (Å²) in [6.45, 7) is 0. The van der Waals surface area contributed by atoms with Gasteiger partial charge in [-0.15, -0.1) is 0 Å². The highest BCUT2D eigenvalue weighted by molar-refractivity contribution is 6.31. The van der Waals surface area contributed by atoms with E-state index >= 15 is 0 Å². The molecule has 21 heavy (non-hydrogen) atoms. The minimum Gasteiger partial charge on any atom is -0.497 e. The Morgan fingerprint density at radius 3 is 2.76 bits per heavy atom. The molecule has 3 nitrogen and oxygen atoms in total. The van der Waals surface area contributed by atoms with E-state index in [0.29, 0.717) is 34.1 Å². The molecule has 0 aliphatic carbocycles. The lowest BCUT2D eigenvalue weighted by atomic mass is 9.95. The van der Waals surface area contributed by atoms with Crippen LogP contribution in [0, 0.1) is 5.82 Å². The first-order chi connectivity index (χ1) is 10.1. The number of fused-ring (bicyclic) bond motifs is 1. The van der Waals surface area contributed by atoms with Gasteiger partial charge in [0.1, 0.15) is 23.4 Å². The standard InChI is InChI=1S/C16H14ClFO3/c1-20-10-3-5-15-12(7-10)14(19)8-16(21-15)11-4-2-9(18)6-13(11)17/h2-7,14,16,19H,8H2,1H3/t14-,16?/m0/s1. The largest absolute Gasteiger partial charge is 0.497 e. The van der Waals surface area contributed by atoms with E-state index in [1.165, 1.54) is 12.1 Å². The van der Waals surface area contributed by atoms with Crippen molar-refractivity contribution in [1.82, 2.24) is 0 Å². The normalized spacial score (nSPS) is 20.6. The molecular formula is C16H14ClFO3. The van der Waals surface area contributed by atoms with Crippen LogP contribution in [-0.4, -0.2) is 12.2 Å². The van der Waals surface area contributed by atoms with Crippen LogP contribution in [0.2, 0.25) is 5.02 Å². The fourth-order valence-corrected chi connectivity index (χ4v) is 2.79. The van der Waals surface area contributed by atoms with Gasteiger partial charge < -0.3 is 14.6 Å². The minimum absolute atomic E-state index is 0.296. The summed E-state index contributed by atoms with van der Waals surface area (Å²) in [5, 5.41) is 10.6. The van der Waals surface area contributed by atoms with Gasteiger partial charge in [-0.25, -0.2) is 4.39 Å². The van der Waals surface area contributed by atoms with E-state index in [1.807, 2.05) is 0 Å². The summed E-state index contributed by atoms with van der Waals surface area (Å²) < 4.78 is 24.2. The summed E-state index contributed by atoms with van der Waals surface area (Å²) in [6.07, 6.45) is -0.741. The number of aliphatic hydroxyl groups is 1. The van der Waals surface area contributed by atoms with Crippen molar-refractivity contribution in [2.75, 3.05) is 7.11 Å². The highest BCUT2D eigenvalue weighted by atomic mass is 35.5. The second-order valence-electron chi connectivity index (χ2n) is 4.93. The number of hydrogen-bond acceptors (Lipinski definition) is 3. The molecule has 1 heterocycles. The van der Waals surface area contributed by atoms with Gasteiger partial charge in [-0.2, -0.15) is 0 Å². The first-order valence-electron chi connectivity index (χ1n) is 6.56. The molecule has 0 saturated carbocycles. The molecule has 110 valence electrons. The average molecular weight is 309 g/mol. The van der Waals surface area contributed by atoms with E-state index in [1.54, 1.807) is 31.4 Å².